The molecule has 2 aromatic rings. The first kappa shape index (κ1) is 22.5. The van der Waals surface area contributed by atoms with E-state index in [1.807, 2.05) is 30.3 Å². The van der Waals surface area contributed by atoms with E-state index in [0.29, 0.717) is 12.2 Å². The number of Topliss-reactive ketones (excluding diaryl/α,β-unsaturated/α-hetero) is 1. The van der Waals surface area contributed by atoms with E-state index in [4.69, 9.17) is 4.74 Å². The normalized spacial score (nSPS) is 20.7. The molecule has 1 saturated carbocycles. The van der Waals surface area contributed by atoms with E-state index in [1.54, 1.807) is 12.1 Å². The summed E-state index contributed by atoms with van der Waals surface area (Å²) in [7, 11) is 0. The van der Waals surface area contributed by atoms with Crippen LogP contribution in [0.25, 0.3) is 11.1 Å². The smallest absolute Gasteiger partial charge is 0.482 e. The van der Waals surface area contributed by atoms with Crippen LogP contribution in [0, 0.1) is 5.92 Å². The second kappa shape index (κ2) is 7.99. The molecule has 0 bridgehead atoms. The van der Waals surface area contributed by atoms with Crippen LogP contribution in [0.3, 0.4) is 0 Å². The molecule has 0 radical (unpaired) electrons. The van der Waals surface area contributed by atoms with Gasteiger partial charge in [-0.1, -0.05) is 43.0 Å². The number of carbonyl (C=O) groups is 1. The minimum absolute atomic E-state index is 0.0298. The number of ketones is 1. The monoisotopic (exact) mass is 452 g/mol. The molecule has 3 nitrogen and oxygen atoms in total. The Morgan fingerprint density at radius 2 is 1.72 bits per heavy atom. The fraction of sp³-hybridized carbons (Fsp3) is 0.375. The van der Waals surface area contributed by atoms with Crippen LogP contribution < -0.4 is 4.74 Å². The Morgan fingerprint density at radius 1 is 1.03 bits per heavy atom. The zero-order valence-electron chi connectivity index (χ0n) is 17.2. The molecule has 0 heterocycles. The highest BCUT2D eigenvalue weighted by Crippen LogP contribution is 2.46. The van der Waals surface area contributed by atoms with Crippen molar-refractivity contribution in [2.45, 2.75) is 50.7 Å². The molecule has 2 aromatic carbocycles. The van der Waals surface area contributed by atoms with E-state index in [-0.39, 0.29) is 18.4 Å². The van der Waals surface area contributed by atoms with Gasteiger partial charge in [-0.15, -0.1) is 0 Å². The van der Waals surface area contributed by atoms with Crippen molar-refractivity contribution in [3.05, 3.63) is 65.7 Å². The number of alkyl halides is 5. The molecule has 0 saturated heterocycles. The summed E-state index contributed by atoms with van der Waals surface area (Å²) in [5, 5.41) is 0. The van der Waals surface area contributed by atoms with Gasteiger partial charge in [-0.05, 0) is 48.1 Å². The van der Waals surface area contributed by atoms with Gasteiger partial charge in [0.05, 0.1) is 6.10 Å². The third kappa shape index (κ3) is 3.92. The summed E-state index contributed by atoms with van der Waals surface area (Å²) in [6, 6.07) is 13.1. The Balaban J connectivity index is 1.61. The summed E-state index contributed by atoms with van der Waals surface area (Å²) in [4.78, 5) is 12.8. The zero-order chi connectivity index (χ0) is 23.3. The number of hydrogen-bond donors (Lipinski definition) is 0. The van der Waals surface area contributed by atoms with Crippen LogP contribution in [0.1, 0.15) is 30.9 Å². The van der Waals surface area contributed by atoms with E-state index in [0.717, 1.165) is 22.3 Å². The third-order valence-electron chi connectivity index (χ3n) is 6.02. The average Bonchev–Trinajstić information content (AvgIpc) is 3.09. The highest BCUT2D eigenvalue weighted by atomic mass is 19.4. The van der Waals surface area contributed by atoms with Crippen LogP contribution in [0.5, 0.6) is 5.75 Å². The number of rotatable bonds is 7. The molecular weight excluding hydrogens is 431 g/mol. The van der Waals surface area contributed by atoms with Crippen LogP contribution in [-0.4, -0.2) is 30.3 Å². The van der Waals surface area contributed by atoms with Gasteiger partial charge in [0, 0.05) is 17.9 Å². The molecule has 2 aliphatic rings. The van der Waals surface area contributed by atoms with Crippen molar-refractivity contribution in [3.63, 3.8) is 0 Å². The number of fused-ring (bicyclic) bond motifs is 3. The van der Waals surface area contributed by atoms with Crippen LogP contribution in [-0.2, 0) is 16.0 Å². The van der Waals surface area contributed by atoms with Gasteiger partial charge in [0.1, 0.15) is 5.75 Å². The van der Waals surface area contributed by atoms with Crippen molar-refractivity contribution in [3.8, 4) is 16.9 Å². The van der Waals surface area contributed by atoms with Crippen molar-refractivity contribution >= 4 is 5.78 Å². The second-order valence-electron chi connectivity index (χ2n) is 8.21. The summed E-state index contributed by atoms with van der Waals surface area (Å²) in [6.07, 6.45) is -13.1. The first-order chi connectivity index (χ1) is 15.0. The molecule has 0 N–H and O–H groups in total. The standard InChI is InChI=1S/C24H21F5O3/c1-13(2)21(30)22(17-10-11-20(17)32-24(28,29)23(25,26)27)31-19-9-5-8-16-15-7-4-3-6-14(15)12-18(16)19/h3-9,17,20,22H,1,10-12H2,2H3. The Morgan fingerprint density at radius 3 is 2.34 bits per heavy atom. The van der Waals surface area contributed by atoms with Crippen molar-refractivity contribution < 1.29 is 36.2 Å². The second-order valence-corrected chi connectivity index (χ2v) is 8.21. The number of benzene rings is 2. The molecular formula is C24H21F5O3. The summed E-state index contributed by atoms with van der Waals surface area (Å²) in [5.41, 5.74) is 4.01. The molecule has 170 valence electrons. The molecule has 3 atom stereocenters. The third-order valence-corrected chi connectivity index (χ3v) is 6.02. The molecule has 0 aromatic heterocycles. The van der Waals surface area contributed by atoms with Crippen LogP contribution in [0.15, 0.2) is 54.6 Å². The van der Waals surface area contributed by atoms with Gasteiger partial charge >= 0.3 is 12.3 Å². The highest BCUT2D eigenvalue weighted by Gasteiger charge is 2.62. The van der Waals surface area contributed by atoms with E-state index < -0.39 is 36.2 Å². The lowest BCUT2D eigenvalue weighted by molar-refractivity contribution is -0.412. The Bertz CT molecular complexity index is 1060. The molecule has 8 heteroatoms. The maximum atomic E-state index is 13.5. The van der Waals surface area contributed by atoms with Crippen molar-refractivity contribution in [1.29, 1.82) is 0 Å². The van der Waals surface area contributed by atoms with Crippen molar-refractivity contribution in [2.24, 2.45) is 5.92 Å². The van der Waals surface area contributed by atoms with Crippen molar-refractivity contribution in [1.82, 2.24) is 0 Å². The fourth-order valence-electron chi connectivity index (χ4n) is 4.20. The predicted octanol–water partition coefficient (Wildman–Crippen LogP) is 6.10. The SMILES string of the molecule is C=C(C)C(=O)C(Oc1cccc2c1Cc1ccccc1-2)C1CCC1OC(F)(F)C(F)(F)F. The molecule has 0 aliphatic heterocycles. The van der Waals surface area contributed by atoms with Crippen molar-refractivity contribution in [2.75, 3.05) is 0 Å². The summed E-state index contributed by atoms with van der Waals surface area (Å²) in [5.74, 6) is -1.11. The quantitative estimate of drug-likeness (QED) is 0.321. The first-order valence-electron chi connectivity index (χ1n) is 10.2. The fourth-order valence-corrected chi connectivity index (χ4v) is 4.20. The molecule has 4 rings (SSSR count). The maximum Gasteiger partial charge on any atom is 0.482 e. The lowest BCUT2D eigenvalue weighted by Gasteiger charge is -2.42. The summed E-state index contributed by atoms with van der Waals surface area (Å²) >= 11 is 0. The van der Waals surface area contributed by atoms with Gasteiger partial charge < -0.3 is 9.47 Å². The number of carbonyl (C=O) groups excluding carboxylic acids is 1. The van der Waals surface area contributed by atoms with E-state index in [1.165, 1.54) is 6.92 Å². The molecule has 0 amide bonds. The minimum atomic E-state index is -5.84. The largest absolute Gasteiger partial charge is 0.482 e. The molecule has 1 fully saturated rings. The van der Waals surface area contributed by atoms with Gasteiger partial charge in [0.15, 0.2) is 11.9 Å². The Hall–Kier alpha value is -2.74. The van der Waals surface area contributed by atoms with E-state index >= 15 is 0 Å². The van der Waals surface area contributed by atoms with E-state index in [2.05, 4.69) is 11.3 Å². The highest BCUT2D eigenvalue weighted by molar-refractivity contribution is 5.98. The summed E-state index contributed by atoms with van der Waals surface area (Å²) in [6.45, 7) is 5.05. The average molecular weight is 452 g/mol. The lowest BCUT2D eigenvalue weighted by atomic mass is 9.75. The van der Waals surface area contributed by atoms with Crippen LogP contribution in [0.4, 0.5) is 22.0 Å². The Kier molecular flexibility index (Phi) is 5.61. The molecule has 32 heavy (non-hydrogen) atoms. The van der Waals surface area contributed by atoms with Gasteiger partial charge in [0.25, 0.3) is 0 Å². The summed E-state index contributed by atoms with van der Waals surface area (Å²) < 4.78 is 74.9. The van der Waals surface area contributed by atoms with Crippen LogP contribution >= 0.6 is 0 Å². The minimum Gasteiger partial charge on any atom is -0.482 e. The Labute approximate surface area is 181 Å². The van der Waals surface area contributed by atoms with Gasteiger partial charge in [-0.3, -0.25) is 4.79 Å². The van der Waals surface area contributed by atoms with E-state index in [9.17, 15) is 26.7 Å². The van der Waals surface area contributed by atoms with Gasteiger partial charge in [-0.2, -0.15) is 22.0 Å². The first-order valence-corrected chi connectivity index (χ1v) is 10.2. The zero-order valence-corrected chi connectivity index (χ0v) is 17.2. The number of halogens is 5. The molecule has 2 aliphatic carbocycles. The van der Waals surface area contributed by atoms with Gasteiger partial charge in [0.2, 0.25) is 0 Å². The van der Waals surface area contributed by atoms with Crippen LogP contribution in [0.2, 0.25) is 0 Å². The lowest BCUT2D eigenvalue weighted by Crippen LogP contribution is -2.53. The predicted molar refractivity (Wildman–Crippen MR) is 108 cm³/mol. The number of hydrogen-bond acceptors (Lipinski definition) is 3. The number of ether oxygens (including phenoxy) is 2. The maximum absolute atomic E-state index is 13.5. The molecule has 3 unspecified atom stereocenters. The topological polar surface area (TPSA) is 35.5 Å². The molecule has 0 spiro atoms. The van der Waals surface area contributed by atoms with Gasteiger partial charge in [-0.25, -0.2) is 0 Å².